The third-order valence-electron chi connectivity index (χ3n) is 4.42. The van der Waals surface area contributed by atoms with Gasteiger partial charge in [-0.1, -0.05) is 58.4 Å². The van der Waals surface area contributed by atoms with Crippen LogP contribution in [0.15, 0.2) is 88.0 Å². The second-order valence-corrected chi connectivity index (χ2v) is 7.39. The number of carbonyl (C=O) groups excluding carboxylic acids is 1. The van der Waals surface area contributed by atoms with Crippen LogP contribution in [-0.4, -0.2) is 11.7 Å². The Labute approximate surface area is 171 Å². The van der Waals surface area contributed by atoms with Gasteiger partial charge < -0.3 is 0 Å². The van der Waals surface area contributed by atoms with Gasteiger partial charge in [0.1, 0.15) is 17.3 Å². The van der Waals surface area contributed by atoms with E-state index in [1.807, 2.05) is 55.5 Å². The minimum Gasteiger partial charge on any atom is -0.266 e. The maximum atomic E-state index is 14.1. The topological polar surface area (TPSA) is 32.7 Å². The first kappa shape index (κ1) is 18.3. The highest BCUT2D eigenvalue weighted by atomic mass is 79.9. The van der Waals surface area contributed by atoms with Crippen molar-refractivity contribution in [3.8, 4) is 0 Å². The zero-order chi connectivity index (χ0) is 19.7. The Balaban J connectivity index is 1.85. The lowest BCUT2D eigenvalue weighted by atomic mass is 10.1. The molecule has 0 aromatic heterocycles. The fourth-order valence-electron chi connectivity index (χ4n) is 3.06. The van der Waals surface area contributed by atoms with E-state index >= 15 is 0 Å². The molecule has 1 aliphatic heterocycles. The van der Waals surface area contributed by atoms with Crippen LogP contribution in [0.3, 0.4) is 0 Å². The predicted molar refractivity (Wildman–Crippen MR) is 114 cm³/mol. The lowest BCUT2D eigenvalue weighted by Crippen LogP contribution is -2.32. The van der Waals surface area contributed by atoms with Crippen molar-refractivity contribution >= 4 is 39.4 Å². The lowest BCUT2D eigenvalue weighted by Gasteiger charge is -2.19. The zero-order valence-corrected chi connectivity index (χ0v) is 16.7. The van der Waals surface area contributed by atoms with Gasteiger partial charge >= 0.3 is 0 Å². The van der Waals surface area contributed by atoms with Gasteiger partial charge in [-0.15, -0.1) is 0 Å². The van der Waals surface area contributed by atoms with Crippen molar-refractivity contribution in [3.05, 3.63) is 105 Å². The number of hydrogen-bond donors (Lipinski definition) is 0. The van der Waals surface area contributed by atoms with Gasteiger partial charge in [0.05, 0.1) is 5.69 Å². The van der Waals surface area contributed by atoms with E-state index in [1.54, 1.807) is 23.1 Å². The van der Waals surface area contributed by atoms with Crippen LogP contribution in [0.25, 0.3) is 6.08 Å². The summed E-state index contributed by atoms with van der Waals surface area (Å²) in [7, 11) is 0. The summed E-state index contributed by atoms with van der Waals surface area (Å²) in [5.41, 5.74) is 3.09. The van der Waals surface area contributed by atoms with Crippen LogP contribution in [0.4, 0.5) is 10.1 Å². The summed E-state index contributed by atoms with van der Waals surface area (Å²) in [6.07, 6.45) is 1.49. The molecule has 5 heteroatoms. The molecule has 1 amide bonds. The Kier molecular flexibility index (Phi) is 4.92. The van der Waals surface area contributed by atoms with Crippen LogP contribution in [0.5, 0.6) is 0 Å². The van der Waals surface area contributed by atoms with Crippen LogP contribution < -0.4 is 4.90 Å². The number of aliphatic imine (C=N–C) groups is 1. The maximum absolute atomic E-state index is 14.1. The van der Waals surface area contributed by atoms with E-state index in [-0.39, 0.29) is 11.6 Å². The van der Waals surface area contributed by atoms with Crippen molar-refractivity contribution in [2.24, 2.45) is 4.99 Å². The number of aryl methyl sites for hydroxylation is 1. The molecular weight excluding hydrogens is 419 g/mol. The number of hydrogen-bond acceptors (Lipinski definition) is 2. The molecule has 0 bridgehead atoms. The number of anilines is 1. The molecule has 0 atom stereocenters. The molecule has 1 aliphatic rings. The lowest BCUT2D eigenvalue weighted by molar-refractivity contribution is -0.113. The molecule has 3 nitrogen and oxygen atoms in total. The number of amidine groups is 1. The molecule has 0 N–H and O–H groups in total. The Morgan fingerprint density at radius 3 is 2.46 bits per heavy atom. The number of halogens is 2. The van der Waals surface area contributed by atoms with Gasteiger partial charge in [-0.2, -0.15) is 0 Å². The molecule has 0 spiro atoms. The zero-order valence-electron chi connectivity index (χ0n) is 15.1. The first-order valence-electron chi connectivity index (χ1n) is 8.75. The fraction of sp³-hybridized carbons (Fsp3) is 0.0435. The number of carbonyl (C=O) groups is 1. The van der Waals surface area contributed by atoms with Crippen LogP contribution in [0, 0.1) is 12.7 Å². The number of benzene rings is 3. The summed E-state index contributed by atoms with van der Waals surface area (Å²) in [4.78, 5) is 19.3. The summed E-state index contributed by atoms with van der Waals surface area (Å²) in [6, 6.07) is 21.6. The molecule has 0 aliphatic carbocycles. The number of amides is 1. The van der Waals surface area contributed by atoms with Gasteiger partial charge in [0.15, 0.2) is 0 Å². The minimum atomic E-state index is -0.391. The van der Waals surface area contributed by atoms with E-state index in [4.69, 9.17) is 0 Å². The first-order valence-corrected chi connectivity index (χ1v) is 9.54. The minimum absolute atomic E-state index is 0.199. The number of nitrogens with zero attached hydrogens (tertiary/aromatic N) is 2. The summed E-state index contributed by atoms with van der Waals surface area (Å²) in [5, 5.41) is 0. The number of rotatable bonds is 3. The van der Waals surface area contributed by atoms with Crippen LogP contribution in [0.2, 0.25) is 0 Å². The third kappa shape index (κ3) is 3.53. The van der Waals surface area contributed by atoms with E-state index < -0.39 is 5.82 Å². The van der Waals surface area contributed by atoms with E-state index in [9.17, 15) is 9.18 Å². The van der Waals surface area contributed by atoms with Crippen molar-refractivity contribution in [1.29, 1.82) is 0 Å². The molecule has 28 heavy (non-hydrogen) atoms. The highest BCUT2D eigenvalue weighted by Crippen LogP contribution is 2.29. The Bertz CT molecular complexity index is 1120. The van der Waals surface area contributed by atoms with E-state index in [2.05, 4.69) is 20.9 Å². The molecular formula is C23H16BrFN2O. The summed E-state index contributed by atoms with van der Waals surface area (Å²) >= 11 is 3.43. The largest absolute Gasteiger partial charge is 0.282 e. The molecule has 0 unspecified atom stereocenters. The summed E-state index contributed by atoms with van der Waals surface area (Å²) in [5.74, 6) is -0.158. The van der Waals surface area contributed by atoms with Crippen molar-refractivity contribution in [2.75, 3.05) is 4.90 Å². The second-order valence-electron chi connectivity index (χ2n) is 6.47. The van der Waals surface area contributed by atoms with E-state index in [0.29, 0.717) is 11.4 Å². The van der Waals surface area contributed by atoms with Gasteiger partial charge in [0.2, 0.25) is 0 Å². The Morgan fingerprint density at radius 1 is 1.00 bits per heavy atom. The molecule has 4 rings (SSSR count). The second kappa shape index (κ2) is 7.52. The van der Waals surface area contributed by atoms with E-state index in [0.717, 1.165) is 21.3 Å². The van der Waals surface area contributed by atoms with Gasteiger partial charge in [0, 0.05) is 15.6 Å². The summed E-state index contributed by atoms with van der Waals surface area (Å²) < 4.78 is 15.0. The third-order valence-corrected chi connectivity index (χ3v) is 4.95. The van der Waals surface area contributed by atoms with Crippen LogP contribution in [-0.2, 0) is 4.79 Å². The van der Waals surface area contributed by atoms with Gasteiger partial charge in [-0.25, -0.2) is 9.38 Å². The molecule has 0 saturated carbocycles. The first-order chi connectivity index (χ1) is 13.5. The SMILES string of the molecule is Cc1cccc(N2C(=O)/C(=C\c3ccccc3F)N=C2c2ccc(Br)cc2)c1. The van der Waals surface area contributed by atoms with Crippen molar-refractivity contribution in [2.45, 2.75) is 6.92 Å². The highest BCUT2D eigenvalue weighted by Gasteiger charge is 2.32. The molecule has 3 aromatic rings. The van der Waals surface area contributed by atoms with Crippen molar-refractivity contribution < 1.29 is 9.18 Å². The Hall–Kier alpha value is -3.05. The van der Waals surface area contributed by atoms with Crippen LogP contribution >= 0.6 is 15.9 Å². The van der Waals surface area contributed by atoms with Crippen molar-refractivity contribution in [3.63, 3.8) is 0 Å². The fourth-order valence-corrected chi connectivity index (χ4v) is 3.32. The van der Waals surface area contributed by atoms with E-state index in [1.165, 1.54) is 12.1 Å². The Morgan fingerprint density at radius 2 is 1.75 bits per heavy atom. The van der Waals surface area contributed by atoms with Gasteiger partial charge in [-0.05, 0) is 48.9 Å². The standard InChI is InChI=1S/C23H16BrFN2O/c1-15-5-4-7-19(13-15)27-22(16-9-11-18(24)12-10-16)26-21(23(27)28)14-17-6-2-3-8-20(17)25/h2-14H,1H3/b21-14+. The smallest absolute Gasteiger partial charge is 0.266 e. The normalized spacial score (nSPS) is 15.2. The monoisotopic (exact) mass is 434 g/mol. The molecule has 0 radical (unpaired) electrons. The van der Waals surface area contributed by atoms with Crippen LogP contribution in [0.1, 0.15) is 16.7 Å². The molecule has 0 saturated heterocycles. The highest BCUT2D eigenvalue weighted by molar-refractivity contribution is 9.10. The quantitative estimate of drug-likeness (QED) is 0.484. The predicted octanol–water partition coefficient (Wildman–Crippen LogP) is 5.73. The van der Waals surface area contributed by atoms with Gasteiger partial charge in [-0.3, -0.25) is 9.69 Å². The molecule has 3 aromatic carbocycles. The average Bonchev–Trinajstić information content (AvgIpc) is 3.00. The average molecular weight is 435 g/mol. The van der Waals surface area contributed by atoms with Crippen molar-refractivity contribution in [1.82, 2.24) is 0 Å². The molecule has 138 valence electrons. The summed E-state index contributed by atoms with van der Waals surface area (Å²) in [6.45, 7) is 1.97. The van der Waals surface area contributed by atoms with Gasteiger partial charge in [0.25, 0.3) is 5.91 Å². The molecule has 1 heterocycles. The molecule has 0 fully saturated rings. The maximum Gasteiger partial charge on any atom is 0.282 e.